The zero-order chi connectivity index (χ0) is 18.0. The second-order valence-corrected chi connectivity index (χ2v) is 7.99. The number of benzene rings is 2. The van der Waals surface area contributed by atoms with Gasteiger partial charge in [0.05, 0.1) is 10.9 Å². The maximum Gasteiger partial charge on any atom is 0.262 e. The molecule has 1 N–H and O–H groups in total. The summed E-state index contributed by atoms with van der Waals surface area (Å²) >= 11 is 0. The smallest absolute Gasteiger partial charge is 0.262 e. The molecule has 1 fully saturated rings. The molecule has 6 heteroatoms. The highest BCUT2D eigenvalue weighted by Gasteiger charge is 2.23. The highest BCUT2D eigenvalue weighted by Crippen LogP contribution is 2.29. The number of nitrogens with one attached hydrogen (secondary N) is 1. The molecule has 0 amide bonds. The Kier molecular flexibility index (Phi) is 4.53. The van der Waals surface area contributed by atoms with Crippen molar-refractivity contribution in [2.45, 2.75) is 0 Å². The molecule has 0 saturated carbocycles. The molecule has 0 bridgehead atoms. The molecule has 2 heterocycles. The average molecular weight is 367 g/mol. The van der Waals surface area contributed by atoms with E-state index in [2.05, 4.69) is 10.2 Å². The van der Waals surface area contributed by atoms with E-state index in [0.29, 0.717) is 5.52 Å². The van der Waals surface area contributed by atoms with Crippen LogP contribution in [0.2, 0.25) is 0 Å². The Morgan fingerprint density at radius 2 is 1.62 bits per heavy atom. The van der Waals surface area contributed by atoms with Gasteiger partial charge in [-0.3, -0.25) is 0 Å². The topological polar surface area (TPSA) is 54.3 Å². The van der Waals surface area contributed by atoms with Crippen LogP contribution in [0.1, 0.15) is 5.56 Å². The van der Waals surface area contributed by atoms with Crippen molar-refractivity contribution in [2.75, 3.05) is 31.1 Å². The van der Waals surface area contributed by atoms with Gasteiger partial charge in [0.25, 0.3) is 10.0 Å². The molecule has 3 aromatic rings. The van der Waals surface area contributed by atoms with E-state index < -0.39 is 10.0 Å². The summed E-state index contributed by atoms with van der Waals surface area (Å²) in [7, 11) is -3.65. The van der Waals surface area contributed by atoms with Gasteiger partial charge in [-0.2, -0.15) is 0 Å². The van der Waals surface area contributed by atoms with Gasteiger partial charge in [-0.1, -0.05) is 48.5 Å². The van der Waals surface area contributed by atoms with E-state index in [0.717, 1.165) is 42.9 Å². The molecule has 0 radical (unpaired) electrons. The van der Waals surface area contributed by atoms with Gasteiger partial charge in [0, 0.05) is 31.6 Å². The van der Waals surface area contributed by atoms with E-state index in [1.807, 2.05) is 60.7 Å². The van der Waals surface area contributed by atoms with Crippen molar-refractivity contribution in [3.8, 4) is 0 Å². The molecule has 1 aliphatic rings. The molecule has 0 unspecified atom stereocenters. The minimum atomic E-state index is -3.65. The number of rotatable bonds is 4. The van der Waals surface area contributed by atoms with Crippen LogP contribution in [-0.4, -0.2) is 38.6 Å². The summed E-state index contributed by atoms with van der Waals surface area (Å²) in [6, 6.07) is 19.0. The minimum absolute atomic E-state index is 0.707. The molecule has 5 nitrogen and oxygen atoms in total. The lowest BCUT2D eigenvalue weighted by molar-refractivity contribution is 0.577. The van der Waals surface area contributed by atoms with E-state index in [1.54, 1.807) is 6.08 Å². The second kappa shape index (κ2) is 6.97. The summed E-state index contributed by atoms with van der Waals surface area (Å²) in [5.74, 6) is 0.727. The van der Waals surface area contributed by atoms with Gasteiger partial charge >= 0.3 is 0 Å². The first-order valence-corrected chi connectivity index (χ1v) is 10.2. The second-order valence-electron chi connectivity index (χ2n) is 6.32. The van der Waals surface area contributed by atoms with E-state index in [1.165, 1.54) is 9.38 Å². The summed E-state index contributed by atoms with van der Waals surface area (Å²) in [4.78, 5) is 2.13. The van der Waals surface area contributed by atoms with Gasteiger partial charge < -0.3 is 10.2 Å². The third-order valence-electron chi connectivity index (χ3n) is 4.58. The third kappa shape index (κ3) is 3.25. The Bertz CT molecular complexity index is 1030. The van der Waals surface area contributed by atoms with Gasteiger partial charge in [-0.05, 0) is 23.8 Å². The molecule has 134 valence electrons. The van der Waals surface area contributed by atoms with Crippen LogP contribution in [0.3, 0.4) is 0 Å². The Morgan fingerprint density at radius 1 is 0.923 bits per heavy atom. The monoisotopic (exact) mass is 367 g/mol. The van der Waals surface area contributed by atoms with Crippen LogP contribution in [0.4, 0.5) is 5.82 Å². The first kappa shape index (κ1) is 16.9. The van der Waals surface area contributed by atoms with Crippen molar-refractivity contribution in [3.63, 3.8) is 0 Å². The molecule has 0 spiro atoms. The molecule has 0 atom stereocenters. The fourth-order valence-electron chi connectivity index (χ4n) is 3.29. The minimum Gasteiger partial charge on any atom is -0.355 e. The Labute approximate surface area is 153 Å². The predicted octanol–water partition coefficient (Wildman–Crippen LogP) is 2.90. The van der Waals surface area contributed by atoms with Gasteiger partial charge in [0.1, 0.15) is 5.82 Å². The Balaban J connectivity index is 1.82. The van der Waals surface area contributed by atoms with E-state index in [9.17, 15) is 8.42 Å². The molecular formula is C20H21N3O2S. The summed E-state index contributed by atoms with van der Waals surface area (Å²) in [6.07, 6.45) is 1.64. The number of hydrogen-bond acceptors (Lipinski definition) is 4. The molecule has 1 aromatic heterocycles. The van der Waals surface area contributed by atoms with Crippen LogP contribution in [0.25, 0.3) is 17.0 Å². The van der Waals surface area contributed by atoms with Crippen LogP contribution in [0.5, 0.6) is 0 Å². The standard InChI is InChI=1S/C20H21N3O2S/c24-26(25,15-10-17-6-2-1-3-7-17)23-19-9-5-4-8-18(19)16-20(23)22-13-11-21-12-14-22/h1-10,15-16,21H,11-14H2. The number of aromatic nitrogens is 1. The zero-order valence-corrected chi connectivity index (χ0v) is 15.2. The average Bonchev–Trinajstić information content (AvgIpc) is 3.09. The van der Waals surface area contributed by atoms with Crippen LogP contribution in [0.15, 0.2) is 66.1 Å². The molecular weight excluding hydrogens is 346 g/mol. The Morgan fingerprint density at radius 3 is 2.38 bits per heavy atom. The summed E-state index contributed by atoms with van der Waals surface area (Å²) in [6.45, 7) is 3.27. The SMILES string of the molecule is O=S(=O)(C=Cc1ccccc1)n1c(N2CCNCC2)cc2ccccc21. The lowest BCUT2D eigenvalue weighted by Gasteiger charge is -2.29. The lowest BCUT2D eigenvalue weighted by Crippen LogP contribution is -2.44. The van der Waals surface area contributed by atoms with Gasteiger partial charge in [-0.25, -0.2) is 12.4 Å². The van der Waals surface area contributed by atoms with E-state index in [4.69, 9.17) is 0 Å². The van der Waals surface area contributed by atoms with Crippen molar-refractivity contribution in [3.05, 3.63) is 71.6 Å². The van der Waals surface area contributed by atoms with Crippen molar-refractivity contribution >= 4 is 32.8 Å². The quantitative estimate of drug-likeness (QED) is 0.770. The fourth-order valence-corrected chi connectivity index (χ4v) is 4.61. The predicted molar refractivity (Wildman–Crippen MR) is 107 cm³/mol. The van der Waals surface area contributed by atoms with Gasteiger partial charge in [-0.15, -0.1) is 0 Å². The number of hydrogen-bond donors (Lipinski definition) is 1. The van der Waals surface area contributed by atoms with Crippen LogP contribution in [-0.2, 0) is 10.0 Å². The highest BCUT2D eigenvalue weighted by molar-refractivity contribution is 7.93. The summed E-state index contributed by atoms with van der Waals surface area (Å²) in [5.41, 5.74) is 1.56. The number of para-hydroxylation sites is 1. The number of anilines is 1. The molecule has 1 saturated heterocycles. The van der Waals surface area contributed by atoms with Crippen LogP contribution < -0.4 is 10.2 Å². The number of fused-ring (bicyclic) bond motifs is 1. The molecule has 1 aliphatic heterocycles. The molecule has 0 aliphatic carbocycles. The molecule has 2 aromatic carbocycles. The highest BCUT2D eigenvalue weighted by atomic mass is 32.2. The summed E-state index contributed by atoms with van der Waals surface area (Å²) < 4.78 is 27.8. The van der Waals surface area contributed by atoms with Crippen LogP contribution >= 0.6 is 0 Å². The number of nitrogens with zero attached hydrogens (tertiary/aromatic N) is 2. The van der Waals surface area contributed by atoms with E-state index >= 15 is 0 Å². The van der Waals surface area contributed by atoms with Crippen molar-refractivity contribution in [2.24, 2.45) is 0 Å². The Hall–Kier alpha value is -2.57. The third-order valence-corrected chi connectivity index (χ3v) is 5.95. The van der Waals surface area contributed by atoms with Crippen molar-refractivity contribution < 1.29 is 8.42 Å². The normalized spacial score (nSPS) is 15.8. The maximum absolute atomic E-state index is 13.2. The largest absolute Gasteiger partial charge is 0.355 e. The lowest BCUT2D eigenvalue weighted by atomic mass is 10.2. The first-order valence-electron chi connectivity index (χ1n) is 8.70. The number of piperazine rings is 1. The molecule has 4 rings (SSSR count). The zero-order valence-electron chi connectivity index (χ0n) is 14.4. The van der Waals surface area contributed by atoms with Gasteiger partial charge in [0.2, 0.25) is 0 Å². The van der Waals surface area contributed by atoms with Crippen molar-refractivity contribution in [1.29, 1.82) is 0 Å². The van der Waals surface area contributed by atoms with Gasteiger partial charge in [0.15, 0.2) is 0 Å². The van der Waals surface area contributed by atoms with Crippen molar-refractivity contribution in [1.82, 2.24) is 9.29 Å². The fraction of sp³-hybridized carbons (Fsp3) is 0.200. The van der Waals surface area contributed by atoms with E-state index in [-0.39, 0.29) is 0 Å². The van der Waals surface area contributed by atoms with Crippen LogP contribution in [0, 0.1) is 0 Å². The first-order chi connectivity index (χ1) is 12.6. The molecule has 26 heavy (non-hydrogen) atoms. The summed E-state index contributed by atoms with van der Waals surface area (Å²) in [5, 5.41) is 5.53. The maximum atomic E-state index is 13.2.